The summed E-state index contributed by atoms with van der Waals surface area (Å²) in [6, 6.07) is 8.01. The van der Waals surface area contributed by atoms with Crippen LogP contribution >= 0.6 is 0 Å². The minimum Gasteiger partial charge on any atom is -0.383 e. The van der Waals surface area contributed by atoms with E-state index >= 15 is 0 Å². The van der Waals surface area contributed by atoms with Crippen molar-refractivity contribution in [2.45, 2.75) is 6.42 Å². The van der Waals surface area contributed by atoms with E-state index in [1.54, 1.807) is 29.4 Å². The normalized spacial score (nSPS) is 14.0. The fraction of sp³-hybridized carbons (Fsp3) is 0.333. The standard InChI is InChI=1S/C18H19FN6O/c19-15-3-1-4-16(14(15)13-20)21-8-5-17(26)24-9-11-25(12-10-24)18-22-6-2-7-23-18/h1-4,6-7,21H,5,8-12H2. The fourth-order valence-corrected chi connectivity index (χ4v) is 2.86. The van der Waals surface area contributed by atoms with E-state index < -0.39 is 5.82 Å². The van der Waals surface area contributed by atoms with Crippen molar-refractivity contribution < 1.29 is 9.18 Å². The quantitative estimate of drug-likeness (QED) is 0.879. The van der Waals surface area contributed by atoms with Crippen molar-refractivity contribution in [3.05, 3.63) is 48.0 Å². The van der Waals surface area contributed by atoms with Gasteiger partial charge in [-0.1, -0.05) is 6.07 Å². The molecule has 7 nitrogen and oxygen atoms in total. The number of hydrogen-bond donors (Lipinski definition) is 1. The molecule has 2 heterocycles. The van der Waals surface area contributed by atoms with Crippen LogP contribution in [0.25, 0.3) is 0 Å². The summed E-state index contributed by atoms with van der Waals surface area (Å²) in [5.74, 6) is 0.139. The Kier molecular flexibility index (Phi) is 5.59. The number of nitrogens with zero attached hydrogens (tertiary/aromatic N) is 5. The van der Waals surface area contributed by atoms with E-state index in [1.165, 1.54) is 12.1 Å². The van der Waals surface area contributed by atoms with Crippen molar-refractivity contribution in [1.29, 1.82) is 5.26 Å². The van der Waals surface area contributed by atoms with Crippen LogP contribution in [0.2, 0.25) is 0 Å². The van der Waals surface area contributed by atoms with Crippen LogP contribution in [0.4, 0.5) is 16.0 Å². The fourth-order valence-electron chi connectivity index (χ4n) is 2.86. The first-order chi connectivity index (χ1) is 12.7. The van der Waals surface area contributed by atoms with E-state index in [1.807, 2.05) is 11.0 Å². The highest BCUT2D eigenvalue weighted by Gasteiger charge is 2.22. The Hall–Kier alpha value is -3.21. The van der Waals surface area contributed by atoms with Crippen molar-refractivity contribution >= 4 is 17.5 Å². The lowest BCUT2D eigenvalue weighted by Gasteiger charge is -2.34. The number of piperazine rings is 1. The Bertz CT molecular complexity index is 799. The van der Waals surface area contributed by atoms with Crippen molar-refractivity contribution in [3.63, 3.8) is 0 Å². The van der Waals surface area contributed by atoms with Gasteiger partial charge in [0.25, 0.3) is 0 Å². The van der Waals surface area contributed by atoms with Gasteiger partial charge in [-0.05, 0) is 18.2 Å². The predicted octanol–water partition coefficient (Wildman–Crippen LogP) is 1.64. The van der Waals surface area contributed by atoms with E-state index in [4.69, 9.17) is 5.26 Å². The van der Waals surface area contributed by atoms with Crippen LogP contribution in [0.5, 0.6) is 0 Å². The number of halogens is 1. The van der Waals surface area contributed by atoms with Crippen molar-refractivity contribution in [2.75, 3.05) is 42.9 Å². The van der Waals surface area contributed by atoms with Gasteiger partial charge in [-0.15, -0.1) is 0 Å². The van der Waals surface area contributed by atoms with Crippen LogP contribution in [-0.2, 0) is 4.79 Å². The second kappa shape index (κ2) is 8.25. The number of nitrogens with one attached hydrogen (secondary N) is 1. The third-order valence-corrected chi connectivity index (χ3v) is 4.25. The van der Waals surface area contributed by atoms with Gasteiger partial charge < -0.3 is 15.1 Å². The molecule has 3 rings (SSSR count). The van der Waals surface area contributed by atoms with Crippen LogP contribution in [0.1, 0.15) is 12.0 Å². The van der Waals surface area contributed by atoms with E-state index in [2.05, 4.69) is 15.3 Å². The maximum absolute atomic E-state index is 13.6. The monoisotopic (exact) mass is 354 g/mol. The highest BCUT2D eigenvalue weighted by atomic mass is 19.1. The first-order valence-electron chi connectivity index (χ1n) is 8.41. The molecule has 1 saturated heterocycles. The summed E-state index contributed by atoms with van der Waals surface area (Å²) in [4.78, 5) is 24.6. The molecule has 26 heavy (non-hydrogen) atoms. The van der Waals surface area contributed by atoms with E-state index in [0.717, 1.165) is 0 Å². The Morgan fingerprint density at radius 3 is 2.62 bits per heavy atom. The molecule has 1 fully saturated rings. The molecule has 1 aliphatic rings. The maximum atomic E-state index is 13.6. The number of hydrogen-bond acceptors (Lipinski definition) is 6. The van der Waals surface area contributed by atoms with Crippen molar-refractivity contribution in [1.82, 2.24) is 14.9 Å². The molecule has 0 aliphatic carbocycles. The minimum absolute atomic E-state index is 0.0287. The highest BCUT2D eigenvalue weighted by molar-refractivity contribution is 5.77. The van der Waals surface area contributed by atoms with Gasteiger partial charge in [0.2, 0.25) is 11.9 Å². The Balaban J connectivity index is 1.47. The molecule has 0 saturated carbocycles. The molecule has 0 atom stereocenters. The summed E-state index contributed by atoms with van der Waals surface area (Å²) in [5.41, 5.74) is 0.378. The zero-order valence-corrected chi connectivity index (χ0v) is 14.2. The number of rotatable bonds is 5. The van der Waals surface area contributed by atoms with Gasteiger partial charge in [-0.25, -0.2) is 14.4 Å². The summed E-state index contributed by atoms with van der Waals surface area (Å²) >= 11 is 0. The average molecular weight is 354 g/mol. The molecule has 8 heteroatoms. The Labute approximate surface area is 151 Å². The van der Waals surface area contributed by atoms with Crippen LogP contribution in [-0.4, -0.2) is 53.5 Å². The lowest BCUT2D eigenvalue weighted by Crippen LogP contribution is -2.49. The number of benzene rings is 1. The van der Waals surface area contributed by atoms with Crippen LogP contribution in [0.3, 0.4) is 0 Å². The Morgan fingerprint density at radius 2 is 1.92 bits per heavy atom. The van der Waals surface area contributed by atoms with Crippen LogP contribution in [0, 0.1) is 17.1 Å². The molecule has 134 valence electrons. The lowest BCUT2D eigenvalue weighted by molar-refractivity contribution is -0.131. The highest BCUT2D eigenvalue weighted by Crippen LogP contribution is 2.17. The topological polar surface area (TPSA) is 85.2 Å². The largest absolute Gasteiger partial charge is 0.383 e. The summed E-state index contributed by atoms with van der Waals surface area (Å²) in [6.45, 7) is 2.94. The van der Waals surface area contributed by atoms with Crippen molar-refractivity contribution in [3.8, 4) is 6.07 Å². The number of carbonyl (C=O) groups is 1. The number of anilines is 2. The van der Waals surface area contributed by atoms with Crippen LogP contribution < -0.4 is 10.2 Å². The van der Waals surface area contributed by atoms with Gasteiger partial charge in [0, 0.05) is 51.5 Å². The van der Waals surface area contributed by atoms with Gasteiger partial charge in [0.1, 0.15) is 17.4 Å². The van der Waals surface area contributed by atoms with Gasteiger partial charge in [-0.3, -0.25) is 4.79 Å². The average Bonchev–Trinajstić information content (AvgIpc) is 2.69. The third-order valence-electron chi connectivity index (χ3n) is 4.25. The van der Waals surface area contributed by atoms with Crippen molar-refractivity contribution in [2.24, 2.45) is 0 Å². The maximum Gasteiger partial charge on any atom is 0.225 e. The summed E-state index contributed by atoms with van der Waals surface area (Å²) in [7, 11) is 0. The lowest BCUT2D eigenvalue weighted by atomic mass is 10.2. The molecular weight excluding hydrogens is 335 g/mol. The Morgan fingerprint density at radius 1 is 1.19 bits per heavy atom. The number of nitriles is 1. The van der Waals surface area contributed by atoms with E-state index in [-0.39, 0.29) is 17.9 Å². The van der Waals surface area contributed by atoms with Gasteiger partial charge in [0.05, 0.1) is 5.69 Å². The van der Waals surface area contributed by atoms with Gasteiger partial charge in [0.15, 0.2) is 0 Å². The molecule has 1 aliphatic heterocycles. The number of carbonyl (C=O) groups excluding carboxylic acids is 1. The summed E-state index contributed by atoms with van der Waals surface area (Å²) < 4.78 is 13.6. The molecule has 0 spiro atoms. The molecule has 1 aromatic carbocycles. The van der Waals surface area contributed by atoms with Gasteiger partial charge in [-0.2, -0.15) is 5.26 Å². The summed E-state index contributed by atoms with van der Waals surface area (Å²) in [6.07, 6.45) is 3.68. The van der Waals surface area contributed by atoms with Crippen LogP contribution in [0.15, 0.2) is 36.7 Å². The zero-order chi connectivity index (χ0) is 18.4. The number of aromatic nitrogens is 2. The van der Waals surface area contributed by atoms with Gasteiger partial charge >= 0.3 is 0 Å². The molecule has 0 unspecified atom stereocenters. The molecule has 1 N–H and O–H groups in total. The molecule has 0 radical (unpaired) electrons. The molecular formula is C18H19FN6O. The number of amides is 1. The minimum atomic E-state index is -0.567. The molecule has 0 bridgehead atoms. The summed E-state index contributed by atoms with van der Waals surface area (Å²) in [5, 5.41) is 12.0. The van der Waals surface area contributed by atoms with E-state index in [9.17, 15) is 9.18 Å². The molecule has 2 aromatic rings. The second-order valence-electron chi connectivity index (χ2n) is 5.87. The van der Waals surface area contributed by atoms with E-state index in [0.29, 0.717) is 44.4 Å². The first-order valence-corrected chi connectivity index (χ1v) is 8.41. The molecule has 1 amide bonds. The smallest absolute Gasteiger partial charge is 0.225 e. The third kappa shape index (κ3) is 4.06. The zero-order valence-electron chi connectivity index (χ0n) is 14.2. The SMILES string of the molecule is N#Cc1c(F)cccc1NCCC(=O)N1CCN(c2ncccn2)CC1. The molecule has 1 aromatic heterocycles. The first kappa shape index (κ1) is 17.6. The predicted molar refractivity (Wildman–Crippen MR) is 95.0 cm³/mol. The second-order valence-corrected chi connectivity index (χ2v) is 5.87.